The number of amides is 1. The molecule has 0 saturated heterocycles. The van der Waals surface area contributed by atoms with Crippen molar-refractivity contribution < 1.29 is 19.4 Å². The predicted octanol–water partition coefficient (Wildman–Crippen LogP) is -2.22. The molecule has 0 saturated carbocycles. The van der Waals surface area contributed by atoms with E-state index >= 15 is 0 Å². The van der Waals surface area contributed by atoms with E-state index in [0.29, 0.717) is 13.0 Å². The Morgan fingerprint density at radius 1 is 1.47 bits per heavy atom. The molecule has 3 unspecified atom stereocenters. The molecule has 4 atom stereocenters. The van der Waals surface area contributed by atoms with Crippen LogP contribution < -0.4 is 28.2 Å². The number of hydrogen-bond acceptors (Lipinski definition) is 8. The van der Waals surface area contributed by atoms with Gasteiger partial charge in [0.25, 0.3) is 0 Å². The molecule has 1 aromatic heterocycles. The average Bonchev–Trinajstić information content (AvgIpc) is 2.66. The van der Waals surface area contributed by atoms with Crippen molar-refractivity contribution in [2.75, 3.05) is 19.3 Å². The molecule has 0 aliphatic carbocycles. The molecule has 1 aliphatic heterocycles. The first-order chi connectivity index (χ1) is 14.1. The normalized spacial score (nSPS) is 21.6. The summed E-state index contributed by atoms with van der Waals surface area (Å²) in [4.78, 5) is 40.9. The lowest BCUT2D eigenvalue weighted by Gasteiger charge is -2.31. The predicted molar refractivity (Wildman–Crippen MR) is 107 cm³/mol. The molecule has 0 bridgehead atoms. The van der Waals surface area contributed by atoms with Crippen molar-refractivity contribution in [3.63, 3.8) is 0 Å². The Morgan fingerprint density at radius 3 is 2.77 bits per heavy atom. The lowest BCUT2D eigenvalue weighted by atomic mass is 10.1. The van der Waals surface area contributed by atoms with Gasteiger partial charge in [-0.1, -0.05) is 6.08 Å². The topological polar surface area (TPSA) is 216 Å². The van der Waals surface area contributed by atoms with Crippen LogP contribution in [0.15, 0.2) is 29.2 Å². The van der Waals surface area contributed by atoms with Crippen LogP contribution in [-0.4, -0.2) is 69.2 Å². The zero-order valence-electron chi connectivity index (χ0n) is 16.4. The number of rotatable bonds is 8. The molecule has 13 nitrogen and oxygen atoms in total. The molecule has 1 aromatic rings. The minimum atomic E-state index is -1.42. The molecule has 0 spiro atoms. The first kappa shape index (κ1) is 22.8. The number of aromatic nitrogens is 2. The third-order valence-electron chi connectivity index (χ3n) is 4.49. The maximum absolute atomic E-state index is 12.3. The molecule has 1 aliphatic rings. The number of hydrogen-bond donors (Lipinski definition) is 6. The first-order valence-electron chi connectivity index (χ1n) is 9.10. The quantitative estimate of drug-likeness (QED) is 0.151. The van der Waals surface area contributed by atoms with Crippen molar-refractivity contribution in [1.29, 1.82) is 5.41 Å². The van der Waals surface area contributed by atoms with Crippen LogP contribution in [0.2, 0.25) is 0 Å². The summed E-state index contributed by atoms with van der Waals surface area (Å²) in [5, 5.41) is 19.4. The van der Waals surface area contributed by atoms with Gasteiger partial charge in [-0.25, -0.2) is 9.59 Å². The van der Waals surface area contributed by atoms with E-state index in [2.05, 4.69) is 10.3 Å². The number of ether oxygens (including phenoxy) is 1. The van der Waals surface area contributed by atoms with Gasteiger partial charge in [-0.05, 0) is 18.6 Å². The molecule has 164 valence electrons. The first-order valence-corrected chi connectivity index (χ1v) is 9.10. The maximum atomic E-state index is 12.3. The fraction of sp³-hybridized carbons (Fsp3) is 0.471. The Kier molecular flexibility index (Phi) is 7.49. The van der Waals surface area contributed by atoms with Gasteiger partial charge in [0, 0.05) is 32.3 Å². The summed E-state index contributed by atoms with van der Waals surface area (Å²) < 4.78 is 6.57. The van der Waals surface area contributed by atoms with Crippen molar-refractivity contribution >= 4 is 23.7 Å². The van der Waals surface area contributed by atoms with Gasteiger partial charge in [0.15, 0.2) is 18.3 Å². The van der Waals surface area contributed by atoms with E-state index in [1.807, 2.05) is 0 Å². The summed E-state index contributed by atoms with van der Waals surface area (Å²) in [5.74, 6) is -1.84. The van der Waals surface area contributed by atoms with Gasteiger partial charge in [-0.15, -0.1) is 0 Å². The van der Waals surface area contributed by atoms with Crippen LogP contribution in [0.4, 0.5) is 5.82 Å². The van der Waals surface area contributed by atoms with Crippen LogP contribution >= 0.6 is 0 Å². The van der Waals surface area contributed by atoms with Gasteiger partial charge in [-0.2, -0.15) is 4.98 Å². The molecule has 0 fully saturated rings. The van der Waals surface area contributed by atoms with E-state index in [1.165, 1.54) is 29.3 Å². The number of nitrogens with one attached hydrogen (secondary N) is 2. The van der Waals surface area contributed by atoms with Gasteiger partial charge in [0.05, 0.1) is 6.04 Å². The van der Waals surface area contributed by atoms with Crippen LogP contribution in [0.1, 0.15) is 19.1 Å². The highest BCUT2D eigenvalue weighted by Gasteiger charge is 2.35. The largest absolute Gasteiger partial charge is 0.479 e. The summed E-state index contributed by atoms with van der Waals surface area (Å²) in [6, 6.07) is -0.0702. The third-order valence-corrected chi connectivity index (χ3v) is 4.49. The summed E-state index contributed by atoms with van der Waals surface area (Å²) in [7, 11) is 1.63. The molecule has 1 amide bonds. The molecule has 2 rings (SSSR count). The van der Waals surface area contributed by atoms with E-state index in [1.54, 1.807) is 7.05 Å². The van der Waals surface area contributed by atoms with E-state index in [9.17, 15) is 19.5 Å². The molecule has 9 N–H and O–H groups in total. The zero-order valence-corrected chi connectivity index (χ0v) is 16.4. The fourth-order valence-corrected chi connectivity index (χ4v) is 2.77. The van der Waals surface area contributed by atoms with Crippen LogP contribution in [0.3, 0.4) is 0 Å². The van der Waals surface area contributed by atoms with Gasteiger partial charge < -0.3 is 37.3 Å². The highest BCUT2D eigenvalue weighted by molar-refractivity contribution is 5.80. The molecular weight excluding hydrogens is 396 g/mol. The monoisotopic (exact) mass is 422 g/mol. The molecule has 2 heterocycles. The standard InChI is InChI=1S/C17H26N8O5/c1-24(16(20)21)6-4-9(18)8-12(26)22-10-2-3-13(30-14(10)15(27)28)25-7-5-11(19)23-17(25)29/h2-3,5,7,9-10,13-14H,4,6,8,18H2,1H3,(H3,20,21)(H,22,26)(H,27,28)(H2,19,23,29)/t9-,10?,13?,14?/m0/s1. The minimum Gasteiger partial charge on any atom is -0.479 e. The second-order valence-electron chi connectivity index (χ2n) is 6.87. The van der Waals surface area contributed by atoms with Gasteiger partial charge in [0.1, 0.15) is 5.82 Å². The maximum Gasteiger partial charge on any atom is 0.351 e. The second kappa shape index (κ2) is 9.84. The Balaban J connectivity index is 2.01. The Bertz CT molecular complexity index is 885. The van der Waals surface area contributed by atoms with E-state index in [4.69, 9.17) is 27.3 Å². The van der Waals surface area contributed by atoms with Crippen LogP contribution in [0.25, 0.3) is 0 Å². The van der Waals surface area contributed by atoms with E-state index < -0.39 is 42.0 Å². The number of nitrogens with two attached hydrogens (primary N) is 3. The van der Waals surface area contributed by atoms with Crippen LogP contribution in [-0.2, 0) is 14.3 Å². The van der Waals surface area contributed by atoms with Crippen molar-refractivity contribution in [2.45, 2.75) is 37.3 Å². The SMILES string of the molecule is CN(CC[C@H](N)CC(=O)NC1C=CC(n2ccc(N)nc2=O)OC1C(=O)O)C(=N)N. The zero-order chi connectivity index (χ0) is 22.4. The Hall–Kier alpha value is -3.45. The lowest BCUT2D eigenvalue weighted by molar-refractivity contribution is -0.159. The van der Waals surface area contributed by atoms with E-state index in [0.717, 1.165) is 4.57 Å². The smallest absolute Gasteiger partial charge is 0.351 e. The third kappa shape index (κ3) is 6.02. The lowest BCUT2D eigenvalue weighted by Crippen LogP contribution is -2.51. The molecule has 13 heteroatoms. The summed E-state index contributed by atoms with van der Waals surface area (Å²) in [6.07, 6.45) is 2.17. The van der Waals surface area contributed by atoms with Crippen molar-refractivity contribution in [3.8, 4) is 0 Å². The van der Waals surface area contributed by atoms with E-state index in [-0.39, 0.29) is 18.2 Å². The Labute approximate surface area is 172 Å². The highest BCUT2D eigenvalue weighted by Crippen LogP contribution is 2.20. The second-order valence-corrected chi connectivity index (χ2v) is 6.87. The molecule has 0 radical (unpaired) electrons. The number of carbonyl (C=O) groups is 2. The molecule has 0 aromatic carbocycles. The number of carboxylic acid groups (broad SMARTS) is 1. The van der Waals surface area contributed by atoms with Crippen molar-refractivity contribution in [1.82, 2.24) is 19.8 Å². The van der Waals surface area contributed by atoms with Crippen LogP contribution in [0.5, 0.6) is 0 Å². The summed E-state index contributed by atoms with van der Waals surface area (Å²) in [5.41, 5.74) is 16.0. The van der Waals surface area contributed by atoms with Gasteiger partial charge >= 0.3 is 11.7 Å². The average molecular weight is 422 g/mol. The summed E-state index contributed by atoms with van der Waals surface area (Å²) in [6.45, 7) is 0.403. The number of aliphatic carboxylic acids is 1. The fourth-order valence-electron chi connectivity index (χ4n) is 2.77. The van der Waals surface area contributed by atoms with Gasteiger partial charge in [-0.3, -0.25) is 14.8 Å². The number of nitrogen functional groups attached to an aromatic ring is 1. The molecular formula is C17H26N8O5. The number of guanidine groups is 1. The van der Waals surface area contributed by atoms with Crippen molar-refractivity contribution in [3.05, 3.63) is 34.9 Å². The number of carbonyl (C=O) groups excluding carboxylic acids is 1. The number of anilines is 1. The number of carboxylic acids is 1. The van der Waals surface area contributed by atoms with Crippen molar-refractivity contribution in [2.24, 2.45) is 11.5 Å². The van der Waals surface area contributed by atoms with Crippen LogP contribution in [0, 0.1) is 5.41 Å². The van der Waals surface area contributed by atoms with Gasteiger partial charge in [0.2, 0.25) is 5.91 Å². The highest BCUT2D eigenvalue weighted by atomic mass is 16.5. The molecule has 30 heavy (non-hydrogen) atoms. The summed E-state index contributed by atoms with van der Waals surface area (Å²) >= 11 is 0. The Morgan fingerprint density at radius 2 is 2.17 bits per heavy atom. The minimum absolute atomic E-state index is 0.0294. The number of nitrogens with zero attached hydrogens (tertiary/aromatic N) is 3.